The van der Waals surface area contributed by atoms with Crippen LogP contribution in [0.25, 0.3) is 22.4 Å². The zero-order valence-corrected chi connectivity index (χ0v) is 11.6. The van der Waals surface area contributed by atoms with E-state index in [0.717, 1.165) is 26.9 Å². The second-order valence-corrected chi connectivity index (χ2v) is 4.97. The lowest BCUT2D eigenvalue weighted by Gasteiger charge is -2.04. The fraction of sp³-hybridized carbons (Fsp3) is 0. The van der Waals surface area contributed by atoms with Gasteiger partial charge in [0.05, 0.1) is 5.56 Å². The molecule has 2 aromatic carbocycles. The molecule has 0 bridgehead atoms. The minimum atomic E-state index is 0.325. The summed E-state index contributed by atoms with van der Waals surface area (Å²) in [6, 6.07) is 17.7. The number of aromatic nitrogens is 1. The van der Waals surface area contributed by atoms with E-state index in [1.165, 1.54) is 0 Å². The van der Waals surface area contributed by atoms with Crippen LogP contribution in [0.3, 0.4) is 0 Å². The van der Waals surface area contributed by atoms with Crippen molar-refractivity contribution in [2.24, 2.45) is 0 Å². The van der Waals surface area contributed by atoms with Gasteiger partial charge in [-0.05, 0) is 6.07 Å². The third kappa shape index (κ3) is 2.15. The Morgan fingerprint density at radius 1 is 0.947 bits per heavy atom. The van der Waals surface area contributed by atoms with Crippen LogP contribution in [-0.4, -0.2) is 5.16 Å². The van der Waals surface area contributed by atoms with Gasteiger partial charge in [-0.2, -0.15) is 0 Å². The Balaban J connectivity index is 2.23. The largest absolute Gasteiger partial charge is 0.367 e. The van der Waals surface area contributed by atoms with Gasteiger partial charge >= 0.3 is 0 Å². The monoisotopic (exact) mass is 314 g/mol. The maximum Gasteiger partial charge on any atom is 0.230 e. The number of nitrogen functional groups attached to an aromatic ring is 1. The molecule has 94 valence electrons. The first-order chi connectivity index (χ1) is 9.27. The Kier molecular flexibility index (Phi) is 3.09. The first-order valence-corrected chi connectivity index (χ1v) is 6.62. The van der Waals surface area contributed by atoms with Crippen molar-refractivity contribution in [3.05, 3.63) is 59.1 Å². The van der Waals surface area contributed by atoms with Crippen LogP contribution in [0.2, 0.25) is 0 Å². The van der Waals surface area contributed by atoms with Crippen LogP contribution in [0, 0.1) is 0 Å². The topological polar surface area (TPSA) is 52.0 Å². The molecule has 0 saturated carbocycles. The summed E-state index contributed by atoms with van der Waals surface area (Å²) in [5.41, 5.74) is 9.46. The van der Waals surface area contributed by atoms with Gasteiger partial charge in [-0.1, -0.05) is 69.6 Å². The van der Waals surface area contributed by atoms with Gasteiger partial charge in [0.2, 0.25) is 5.88 Å². The van der Waals surface area contributed by atoms with Crippen molar-refractivity contribution in [3.8, 4) is 22.4 Å². The lowest BCUT2D eigenvalue weighted by Crippen LogP contribution is -1.88. The van der Waals surface area contributed by atoms with Gasteiger partial charge in [-0.15, -0.1) is 0 Å². The molecule has 0 radical (unpaired) electrons. The van der Waals surface area contributed by atoms with Gasteiger partial charge in [0.25, 0.3) is 0 Å². The number of benzene rings is 2. The highest BCUT2D eigenvalue weighted by atomic mass is 79.9. The van der Waals surface area contributed by atoms with Crippen molar-refractivity contribution < 1.29 is 4.52 Å². The quantitative estimate of drug-likeness (QED) is 0.765. The van der Waals surface area contributed by atoms with Gasteiger partial charge in [-0.25, -0.2) is 0 Å². The van der Waals surface area contributed by atoms with Crippen LogP contribution >= 0.6 is 15.9 Å². The molecule has 0 aliphatic heterocycles. The summed E-state index contributed by atoms with van der Waals surface area (Å²) in [6.07, 6.45) is 0. The molecule has 0 fully saturated rings. The molecule has 1 heterocycles. The second kappa shape index (κ2) is 4.90. The standard InChI is InChI=1S/C15H11BrN2O/c16-12-9-5-4-8-11(12)13-14(18-19-15(13)17)10-6-2-1-3-7-10/h1-9H,17H2. The highest BCUT2D eigenvalue weighted by Crippen LogP contribution is 2.39. The fourth-order valence-electron chi connectivity index (χ4n) is 2.02. The normalized spacial score (nSPS) is 10.6. The van der Waals surface area contributed by atoms with Crippen LogP contribution in [-0.2, 0) is 0 Å². The molecule has 0 aliphatic carbocycles. The summed E-state index contributed by atoms with van der Waals surface area (Å²) in [7, 11) is 0. The Morgan fingerprint density at radius 3 is 2.37 bits per heavy atom. The summed E-state index contributed by atoms with van der Waals surface area (Å²) in [4.78, 5) is 0. The van der Waals surface area contributed by atoms with E-state index in [4.69, 9.17) is 10.3 Å². The van der Waals surface area contributed by atoms with Gasteiger partial charge < -0.3 is 10.3 Å². The number of rotatable bonds is 2. The minimum Gasteiger partial charge on any atom is -0.367 e. The molecule has 19 heavy (non-hydrogen) atoms. The number of anilines is 1. The van der Waals surface area contributed by atoms with E-state index in [9.17, 15) is 0 Å². The molecule has 3 nitrogen and oxygen atoms in total. The zero-order valence-electron chi connectivity index (χ0n) is 10.0. The molecule has 0 saturated heterocycles. The molecule has 0 atom stereocenters. The number of nitrogens with zero attached hydrogens (tertiary/aromatic N) is 1. The summed E-state index contributed by atoms with van der Waals surface area (Å²) < 4.78 is 6.13. The Bertz CT molecular complexity index is 707. The molecule has 2 N–H and O–H groups in total. The molecule has 0 amide bonds. The summed E-state index contributed by atoms with van der Waals surface area (Å²) in [6.45, 7) is 0. The molecule has 0 unspecified atom stereocenters. The molecule has 0 aliphatic rings. The molecule has 4 heteroatoms. The van der Waals surface area contributed by atoms with Crippen LogP contribution in [0.5, 0.6) is 0 Å². The minimum absolute atomic E-state index is 0.325. The van der Waals surface area contributed by atoms with E-state index in [0.29, 0.717) is 5.88 Å². The Hall–Kier alpha value is -2.07. The first kappa shape index (κ1) is 12.0. The molecular weight excluding hydrogens is 304 g/mol. The van der Waals surface area contributed by atoms with Gasteiger partial charge in [-0.3, -0.25) is 0 Å². The average Bonchev–Trinajstić information content (AvgIpc) is 2.82. The highest BCUT2D eigenvalue weighted by molar-refractivity contribution is 9.10. The molecule has 1 aromatic heterocycles. The molecular formula is C15H11BrN2O. The van der Waals surface area contributed by atoms with Crippen molar-refractivity contribution in [2.75, 3.05) is 5.73 Å². The van der Waals surface area contributed by atoms with E-state index in [2.05, 4.69) is 21.1 Å². The van der Waals surface area contributed by atoms with E-state index in [-0.39, 0.29) is 0 Å². The van der Waals surface area contributed by atoms with E-state index in [1.54, 1.807) is 0 Å². The predicted octanol–water partition coefficient (Wildman–Crippen LogP) is 4.35. The maximum atomic E-state index is 5.93. The van der Waals surface area contributed by atoms with Crippen molar-refractivity contribution in [3.63, 3.8) is 0 Å². The summed E-state index contributed by atoms with van der Waals surface area (Å²) in [5.74, 6) is 0.325. The summed E-state index contributed by atoms with van der Waals surface area (Å²) in [5, 5.41) is 4.08. The SMILES string of the molecule is Nc1onc(-c2ccccc2)c1-c1ccccc1Br. The number of hydrogen-bond acceptors (Lipinski definition) is 3. The van der Waals surface area contributed by atoms with Gasteiger partial charge in [0.15, 0.2) is 0 Å². The van der Waals surface area contributed by atoms with Crippen molar-refractivity contribution in [1.82, 2.24) is 5.16 Å². The first-order valence-electron chi connectivity index (χ1n) is 5.83. The van der Waals surface area contributed by atoms with Crippen molar-refractivity contribution in [1.29, 1.82) is 0 Å². The van der Waals surface area contributed by atoms with Crippen LogP contribution in [0.15, 0.2) is 63.6 Å². The van der Waals surface area contributed by atoms with Gasteiger partial charge in [0, 0.05) is 15.6 Å². The van der Waals surface area contributed by atoms with E-state index >= 15 is 0 Å². The van der Waals surface area contributed by atoms with Crippen LogP contribution in [0.1, 0.15) is 0 Å². The number of nitrogens with two attached hydrogens (primary N) is 1. The average molecular weight is 315 g/mol. The molecule has 3 aromatic rings. The third-order valence-electron chi connectivity index (χ3n) is 2.91. The Labute approximate surface area is 119 Å². The molecule has 3 rings (SSSR count). The smallest absolute Gasteiger partial charge is 0.230 e. The number of halogens is 1. The summed E-state index contributed by atoms with van der Waals surface area (Å²) >= 11 is 3.53. The lowest BCUT2D eigenvalue weighted by atomic mass is 10.0. The molecule has 0 spiro atoms. The fourth-order valence-corrected chi connectivity index (χ4v) is 2.50. The highest BCUT2D eigenvalue weighted by Gasteiger charge is 2.18. The maximum absolute atomic E-state index is 5.93. The number of hydrogen-bond donors (Lipinski definition) is 1. The zero-order chi connectivity index (χ0) is 13.2. The van der Waals surface area contributed by atoms with Crippen molar-refractivity contribution in [2.45, 2.75) is 0 Å². The van der Waals surface area contributed by atoms with Gasteiger partial charge in [0.1, 0.15) is 5.69 Å². The third-order valence-corrected chi connectivity index (χ3v) is 3.60. The van der Waals surface area contributed by atoms with Crippen LogP contribution < -0.4 is 5.73 Å². The van der Waals surface area contributed by atoms with E-state index < -0.39 is 0 Å². The van der Waals surface area contributed by atoms with E-state index in [1.807, 2.05) is 54.6 Å². The second-order valence-electron chi connectivity index (χ2n) is 4.12. The lowest BCUT2D eigenvalue weighted by molar-refractivity contribution is 0.439. The van der Waals surface area contributed by atoms with Crippen LogP contribution in [0.4, 0.5) is 5.88 Å². The van der Waals surface area contributed by atoms with Crippen molar-refractivity contribution >= 4 is 21.8 Å². The predicted molar refractivity (Wildman–Crippen MR) is 79.5 cm³/mol. The Morgan fingerprint density at radius 2 is 1.63 bits per heavy atom.